The highest BCUT2D eigenvalue weighted by Crippen LogP contribution is 2.29. The quantitative estimate of drug-likeness (QED) is 0.685. The molecule has 0 saturated carbocycles. The summed E-state index contributed by atoms with van der Waals surface area (Å²) in [4.78, 5) is 21.8. The monoisotopic (exact) mass is 377 g/mol. The SMILES string of the molecule is Cc1cc(N2CCOC(C(=O)N3CCc4ccccc43)C2)n2nc(C)cc2n1. The predicted molar refractivity (Wildman–Crippen MR) is 107 cm³/mol. The number of aromatic nitrogens is 3. The zero-order valence-electron chi connectivity index (χ0n) is 16.1. The first-order chi connectivity index (χ1) is 13.6. The molecule has 3 aromatic rings. The zero-order chi connectivity index (χ0) is 19.3. The molecule has 28 heavy (non-hydrogen) atoms. The molecule has 1 saturated heterocycles. The summed E-state index contributed by atoms with van der Waals surface area (Å²) in [5.41, 5.74) is 4.93. The number of nitrogens with zero attached hydrogens (tertiary/aromatic N) is 5. The van der Waals surface area contributed by atoms with Gasteiger partial charge in [0.2, 0.25) is 0 Å². The fourth-order valence-electron chi connectivity index (χ4n) is 4.17. The van der Waals surface area contributed by atoms with E-state index in [1.54, 1.807) is 0 Å². The fraction of sp³-hybridized carbons (Fsp3) is 0.381. The smallest absolute Gasteiger partial charge is 0.257 e. The third-order valence-corrected chi connectivity index (χ3v) is 5.48. The van der Waals surface area contributed by atoms with Gasteiger partial charge in [-0.2, -0.15) is 9.61 Å². The van der Waals surface area contributed by atoms with Crippen LogP contribution in [0.4, 0.5) is 11.5 Å². The minimum atomic E-state index is -0.486. The van der Waals surface area contributed by atoms with Gasteiger partial charge in [0, 0.05) is 36.6 Å². The number of ether oxygens (including phenoxy) is 1. The van der Waals surface area contributed by atoms with Crippen LogP contribution >= 0.6 is 0 Å². The molecule has 4 heterocycles. The second-order valence-electron chi connectivity index (χ2n) is 7.49. The Morgan fingerprint density at radius 3 is 2.89 bits per heavy atom. The Hall–Kier alpha value is -2.93. The van der Waals surface area contributed by atoms with Crippen molar-refractivity contribution in [1.82, 2.24) is 14.6 Å². The average molecular weight is 377 g/mol. The van der Waals surface area contributed by atoms with E-state index in [9.17, 15) is 4.79 Å². The Labute approximate surface area is 163 Å². The van der Waals surface area contributed by atoms with Crippen LogP contribution in [-0.2, 0) is 16.0 Å². The van der Waals surface area contributed by atoms with E-state index >= 15 is 0 Å². The van der Waals surface area contributed by atoms with Crippen LogP contribution in [-0.4, -0.2) is 52.9 Å². The summed E-state index contributed by atoms with van der Waals surface area (Å²) in [5.74, 6) is 0.992. The molecule has 7 nitrogen and oxygen atoms in total. The van der Waals surface area contributed by atoms with Gasteiger partial charge in [-0.05, 0) is 31.9 Å². The van der Waals surface area contributed by atoms with Gasteiger partial charge >= 0.3 is 0 Å². The molecule has 2 aliphatic heterocycles. The van der Waals surface area contributed by atoms with Crippen molar-refractivity contribution in [3.8, 4) is 0 Å². The maximum Gasteiger partial charge on any atom is 0.257 e. The van der Waals surface area contributed by atoms with Crippen LogP contribution in [0.1, 0.15) is 17.0 Å². The molecule has 2 aliphatic rings. The van der Waals surface area contributed by atoms with E-state index in [0.717, 1.165) is 48.1 Å². The van der Waals surface area contributed by atoms with Crippen LogP contribution in [0.3, 0.4) is 0 Å². The number of anilines is 2. The molecule has 0 N–H and O–H groups in total. The van der Waals surface area contributed by atoms with E-state index in [0.29, 0.717) is 13.2 Å². The molecule has 1 fully saturated rings. The molecular formula is C21H23N5O2. The van der Waals surface area contributed by atoms with E-state index in [1.807, 2.05) is 53.6 Å². The molecule has 144 valence electrons. The van der Waals surface area contributed by atoms with Crippen molar-refractivity contribution in [2.24, 2.45) is 0 Å². The van der Waals surface area contributed by atoms with Crippen molar-refractivity contribution in [3.05, 3.63) is 53.3 Å². The molecule has 2 aromatic heterocycles. The highest BCUT2D eigenvalue weighted by molar-refractivity contribution is 5.98. The molecule has 0 spiro atoms. The Balaban J connectivity index is 1.42. The van der Waals surface area contributed by atoms with Crippen LogP contribution in [0.15, 0.2) is 36.4 Å². The molecule has 1 atom stereocenters. The van der Waals surface area contributed by atoms with Gasteiger partial charge in [0.15, 0.2) is 11.8 Å². The van der Waals surface area contributed by atoms with Crippen molar-refractivity contribution < 1.29 is 9.53 Å². The third-order valence-electron chi connectivity index (χ3n) is 5.48. The van der Waals surface area contributed by atoms with Gasteiger partial charge in [0.1, 0.15) is 5.82 Å². The van der Waals surface area contributed by atoms with Crippen molar-refractivity contribution in [3.63, 3.8) is 0 Å². The number of aryl methyl sites for hydroxylation is 2. The molecule has 7 heteroatoms. The largest absolute Gasteiger partial charge is 0.365 e. The van der Waals surface area contributed by atoms with Gasteiger partial charge < -0.3 is 14.5 Å². The number of carbonyl (C=O) groups excluding carboxylic acids is 1. The number of hydrogen-bond donors (Lipinski definition) is 0. The Bertz CT molecular complexity index is 1060. The van der Waals surface area contributed by atoms with Gasteiger partial charge in [-0.1, -0.05) is 18.2 Å². The number of carbonyl (C=O) groups is 1. The lowest BCUT2D eigenvalue weighted by atomic mass is 10.2. The molecule has 1 amide bonds. The first-order valence-corrected chi connectivity index (χ1v) is 9.70. The standard InChI is InChI=1S/C21H23N5O2/c1-14-12-20(26-19(22-14)11-15(2)23-26)24-9-10-28-18(13-24)21(27)25-8-7-16-5-3-4-6-17(16)25/h3-6,11-12,18H,7-10,13H2,1-2H3. The zero-order valence-corrected chi connectivity index (χ0v) is 16.1. The van der Waals surface area contributed by atoms with E-state index < -0.39 is 6.10 Å². The molecule has 1 unspecified atom stereocenters. The number of hydrogen-bond acceptors (Lipinski definition) is 5. The van der Waals surface area contributed by atoms with E-state index in [1.165, 1.54) is 5.56 Å². The number of amides is 1. The van der Waals surface area contributed by atoms with Crippen molar-refractivity contribution in [2.45, 2.75) is 26.4 Å². The van der Waals surface area contributed by atoms with Crippen LogP contribution in [0.5, 0.6) is 0 Å². The summed E-state index contributed by atoms with van der Waals surface area (Å²) in [5, 5.41) is 4.58. The number of morpholine rings is 1. The number of benzene rings is 1. The van der Waals surface area contributed by atoms with Crippen LogP contribution in [0, 0.1) is 13.8 Å². The van der Waals surface area contributed by atoms with E-state index in [4.69, 9.17) is 4.74 Å². The molecule has 0 aliphatic carbocycles. The van der Waals surface area contributed by atoms with Crippen LogP contribution < -0.4 is 9.80 Å². The molecule has 5 rings (SSSR count). The van der Waals surface area contributed by atoms with Gasteiger partial charge in [-0.15, -0.1) is 0 Å². The fourth-order valence-corrected chi connectivity index (χ4v) is 4.17. The minimum Gasteiger partial charge on any atom is -0.365 e. The van der Waals surface area contributed by atoms with Gasteiger partial charge in [0.25, 0.3) is 5.91 Å². The first kappa shape index (κ1) is 17.2. The summed E-state index contributed by atoms with van der Waals surface area (Å²) in [7, 11) is 0. The molecule has 0 radical (unpaired) electrons. The minimum absolute atomic E-state index is 0.0355. The third kappa shape index (κ3) is 2.82. The molecule has 0 bridgehead atoms. The van der Waals surface area contributed by atoms with Gasteiger partial charge in [-0.25, -0.2) is 4.98 Å². The lowest BCUT2D eigenvalue weighted by Gasteiger charge is -2.35. The van der Waals surface area contributed by atoms with E-state index in [-0.39, 0.29) is 5.91 Å². The summed E-state index contributed by atoms with van der Waals surface area (Å²) < 4.78 is 7.75. The predicted octanol–water partition coefficient (Wildman–Crippen LogP) is 2.14. The summed E-state index contributed by atoms with van der Waals surface area (Å²) in [6, 6.07) is 12.1. The van der Waals surface area contributed by atoms with Crippen LogP contribution in [0.2, 0.25) is 0 Å². The van der Waals surface area contributed by atoms with Crippen LogP contribution in [0.25, 0.3) is 5.65 Å². The normalized spacial score (nSPS) is 19.3. The summed E-state index contributed by atoms with van der Waals surface area (Å²) >= 11 is 0. The van der Waals surface area contributed by atoms with E-state index in [2.05, 4.69) is 21.0 Å². The highest BCUT2D eigenvalue weighted by Gasteiger charge is 2.34. The summed E-state index contributed by atoms with van der Waals surface area (Å²) in [6.07, 6.45) is 0.412. The second kappa shape index (κ2) is 6.60. The lowest BCUT2D eigenvalue weighted by Crippen LogP contribution is -2.51. The number of rotatable bonds is 2. The van der Waals surface area contributed by atoms with Crippen molar-refractivity contribution in [1.29, 1.82) is 0 Å². The van der Waals surface area contributed by atoms with Crippen molar-refractivity contribution >= 4 is 23.1 Å². The second-order valence-corrected chi connectivity index (χ2v) is 7.49. The highest BCUT2D eigenvalue weighted by atomic mass is 16.5. The number of para-hydroxylation sites is 1. The van der Waals surface area contributed by atoms with Gasteiger partial charge in [-0.3, -0.25) is 4.79 Å². The lowest BCUT2D eigenvalue weighted by molar-refractivity contribution is -0.130. The topological polar surface area (TPSA) is 63.0 Å². The maximum absolute atomic E-state index is 13.2. The Kier molecular flexibility index (Phi) is 4.05. The van der Waals surface area contributed by atoms with Gasteiger partial charge in [0.05, 0.1) is 18.8 Å². The molecule has 1 aromatic carbocycles. The van der Waals surface area contributed by atoms with Crippen molar-refractivity contribution in [2.75, 3.05) is 36.0 Å². The maximum atomic E-state index is 13.2. The average Bonchev–Trinajstić information content (AvgIpc) is 3.29. The Morgan fingerprint density at radius 2 is 2.00 bits per heavy atom. The number of fused-ring (bicyclic) bond motifs is 2. The summed E-state index contributed by atoms with van der Waals surface area (Å²) in [6.45, 7) is 6.40. The first-order valence-electron chi connectivity index (χ1n) is 9.70. The molecular weight excluding hydrogens is 354 g/mol. The Morgan fingerprint density at radius 1 is 1.14 bits per heavy atom.